The highest BCUT2D eigenvalue weighted by Crippen LogP contribution is 2.44. The summed E-state index contributed by atoms with van der Waals surface area (Å²) in [7, 11) is 0. The maximum absolute atomic E-state index is 9.58. The maximum Gasteiger partial charge on any atom is 0.137 e. The molecule has 2 aliphatic rings. The van der Waals surface area contributed by atoms with Crippen molar-refractivity contribution in [1.82, 2.24) is 0 Å². The van der Waals surface area contributed by atoms with Gasteiger partial charge in [-0.1, -0.05) is 48.2 Å². The molecule has 3 heteroatoms. The van der Waals surface area contributed by atoms with Crippen LogP contribution < -0.4 is 4.74 Å². The van der Waals surface area contributed by atoms with E-state index in [2.05, 4.69) is 42.5 Å². The Balaban J connectivity index is 1.65. The van der Waals surface area contributed by atoms with Gasteiger partial charge in [-0.05, 0) is 80.3 Å². The third kappa shape index (κ3) is 3.88. The normalized spacial score (nSPS) is 16.1. The fourth-order valence-corrected chi connectivity index (χ4v) is 5.14. The zero-order valence-corrected chi connectivity index (χ0v) is 17.3. The van der Waals surface area contributed by atoms with Crippen LogP contribution >= 0.6 is 11.8 Å². The van der Waals surface area contributed by atoms with E-state index in [1.54, 1.807) is 0 Å². The molecule has 4 rings (SSSR count). The molecule has 142 valence electrons. The van der Waals surface area contributed by atoms with E-state index in [0.29, 0.717) is 11.3 Å². The van der Waals surface area contributed by atoms with Gasteiger partial charge in [-0.25, -0.2) is 0 Å². The van der Waals surface area contributed by atoms with Crippen molar-refractivity contribution in [2.75, 3.05) is 0 Å². The van der Waals surface area contributed by atoms with E-state index in [9.17, 15) is 5.26 Å². The van der Waals surface area contributed by atoms with E-state index >= 15 is 0 Å². The topological polar surface area (TPSA) is 33.0 Å². The minimum atomic E-state index is 0.0548. The number of benzene rings is 2. The van der Waals surface area contributed by atoms with Crippen molar-refractivity contribution in [2.45, 2.75) is 52.1 Å². The van der Waals surface area contributed by atoms with Crippen LogP contribution in [0.1, 0.15) is 60.9 Å². The van der Waals surface area contributed by atoms with E-state index in [0.717, 1.165) is 18.4 Å². The molecule has 0 aromatic heterocycles. The molecule has 1 aliphatic carbocycles. The van der Waals surface area contributed by atoms with Gasteiger partial charge < -0.3 is 4.74 Å². The monoisotopic (exact) mass is 387 g/mol. The van der Waals surface area contributed by atoms with Gasteiger partial charge in [-0.3, -0.25) is 0 Å². The van der Waals surface area contributed by atoms with Crippen LogP contribution in [0.25, 0.3) is 9.81 Å². The van der Waals surface area contributed by atoms with Crippen molar-refractivity contribution in [3.05, 3.63) is 76.4 Å². The molecule has 0 fully saturated rings. The van der Waals surface area contributed by atoms with Crippen LogP contribution in [0, 0.1) is 11.3 Å². The first-order chi connectivity index (χ1) is 13.7. The molecule has 0 bridgehead atoms. The van der Waals surface area contributed by atoms with Gasteiger partial charge in [0.05, 0.1) is 11.7 Å². The molecule has 0 saturated carbocycles. The second kappa shape index (κ2) is 8.29. The fourth-order valence-electron chi connectivity index (χ4n) is 3.95. The Morgan fingerprint density at radius 3 is 2.64 bits per heavy atom. The van der Waals surface area contributed by atoms with Crippen molar-refractivity contribution in [1.29, 1.82) is 5.26 Å². The summed E-state index contributed by atoms with van der Waals surface area (Å²) >= 11 is 1.84. The first-order valence-corrected chi connectivity index (χ1v) is 10.9. The highest BCUT2D eigenvalue weighted by Gasteiger charge is 2.19. The van der Waals surface area contributed by atoms with E-state index < -0.39 is 0 Å². The molecule has 0 atom stereocenters. The lowest BCUT2D eigenvalue weighted by Gasteiger charge is -2.15. The number of fused-ring (bicyclic) bond motifs is 1. The van der Waals surface area contributed by atoms with Crippen LogP contribution in [0.4, 0.5) is 0 Å². The summed E-state index contributed by atoms with van der Waals surface area (Å²) < 4.78 is 5.78. The lowest BCUT2D eigenvalue weighted by molar-refractivity contribution is 0.241. The van der Waals surface area contributed by atoms with Crippen molar-refractivity contribution in [3.8, 4) is 11.8 Å². The first-order valence-electron chi connectivity index (χ1n) is 10.1. The summed E-state index contributed by atoms with van der Waals surface area (Å²) in [6.45, 7) is 3.96. The molecule has 0 N–H and O–H groups in total. The molecule has 0 spiro atoms. The number of rotatable bonds is 4. The van der Waals surface area contributed by atoms with Crippen LogP contribution in [-0.4, -0.2) is 6.10 Å². The summed E-state index contributed by atoms with van der Waals surface area (Å²) in [5.41, 5.74) is 6.13. The molecule has 28 heavy (non-hydrogen) atoms. The molecule has 0 unspecified atom stereocenters. The van der Waals surface area contributed by atoms with Crippen molar-refractivity contribution >= 4 is 21.6 Å². The summed E-state index contributed by atoms with van der Waals surface area (Å²) in [4.78, 5) is 2.58. The Morgan fingerprint density at radius 2 is 1.86 bits per heavy atom. The smallest absolute Gasteiger partial charge is 0.137 e. The Hall–Kier alpha value is -2.44. The quantitative estimate of drug-likeness (QED) is 0.582. The third-order valence-corrected chi connectivity index (χ3v) is 6.43. The van der Waals surface area contributed by atoms with Gasteiger partial charge in [0.2, 0.25) is 0 Å². The number of nitrogens with zero attached hydrogens (tertiary/aromatic N) is 1. The summed E-state index contributed by atoms with van der Waals surface area (Å²) in [6, 6.07) is 15.0. The SMILES string of the molecule is CC(C)Oc1ccc(C2=CCCC=C(c3cccc4c3CCC4)S2)cc1C#N. The highest BCUT2D eigenvalue weighted by molar-refractivity contribution is 8.16. The van der Waals surface area contributed by atoms with E-state index in [-0.39, 0.29) is 6.10 Å². The molecule has 2 nitrogen and oxygen atoms in total. The molecule has 0 saturated heterocycles. The molecular weight excluding hydrogens is 362 g/mol. The Kier molecular flexibility index (Phi) is 5.59. The third-order valence-electron chi connectivity index (χ3n) is 5.20. The van der Waals surface area contributed by atoms with Gasteiger partial charge in [0.15, 0.2) is 0 Å². The fraction of sp³-hybridized carbons (Fsp3) is 0.320. The van der Waals surface area contributed by atoms with E-state index in [1.165, 1.54) is 45.8 Å². The lowest BCUT2D eigenvalue weighted by Crippen LogP contribution is -2.06. The summed E-state index contributed by atoms with van der Waals surface area (Å²) in [5.74, 6) is 0.664. The molecule has 2 aromatic rings. The zero-order valence-electron chi connectivity index (χ0n) is 16.5. The van der Waals surface area contributed by atoms with Crippen LogP contribution in [0.5, 0.6) is 5.75 Å². The molecule has 0 radical (unpaired) electrons. The van der Waals surface area contributed by atoms with Crippen molar-refractivity contribution in [3.63, 3.8) is 0 Å². The van der Waals surface area contributed by atoms with Gasteiger partial charge >= 0.3 is 0 Å². The molecule has 1 heterocycles. The highest BCUT2D eigenvalue weighted by atomic mass is 32.2. The molecule has 2 aromatic carbocycles. The van der Waals surface area contributed by atoms with Crippen LogP contribution in [-0.2, 0) is 12.8 Å². The van der Waals surface area contributed by atoms with Gasteiger partial charge in [-0.2, -0.15) is 5.26 Å². The minimum absolute atomic E-state index is 0.0548. The predicted octanol–water partition coefficient (Wildman–Crippen LogP) is 6.74. The predicted molar refractivity (Wildman–Crippen MR) is 118 cm³/mol. The maximum atomic E-state index is 9.58. The average Bonchev–Trinajstić information content (AvgIpc) is 3.05. The average molecular weight is 388 g/mol. The summed E-state index contributed by atoms with van der Waals surface area (Å²) in [5, 5.41) is 9.58. The minimum Gasteiger partial charge on any atom is -0.490 e. The molecular formula is C25H25NOS. The van der Waals surface area contributed by atoms with Crippen LogP contribution in [0.3, 0.4) is 0 Å². The van der Waals surface area contributed by atoms with Gasteiger partial charge in [0, 0.05) is 9.81 Å². The summed E-state index contributed by atoms with van der Waals surface area (Å²) in [6.07, 6.45) is 10.5. The van der Waals surface area contributed by atoms with Crippen LogP contribution in [0.2, 0.25) is 0 Å². The van der Waals surface area contributed by atoms with Gasteiger partial charge in [0.25, 0.3) is 0 Å². The zero-order chi connectivity index (χ0) is 19.5. The Labute approximate surface area is 171 Å². The second-order valence-corrected chi connectivity index (χ2v) is 8.69. The number of allylic oxidation sites excluding steroid dienone is 2. The van der Waals surface area contributed by atoms with Crippen molar-refractivity contribution < 1.29 is 4.74 Å². The molecule has 0 amide bonds. The number of hydrogen-bond donors (Lipinski definition) is 0. The number of ether oxygens (including phenoxy) is 1. The second-order valence-electron chi connectivity index (χ2n) is 7.60. The first kappa shape index (κ1) is 18.9. The van der Waals surface area contributed by atoms with Gasteiger partial charge in [-0.15, -0.1) is 0 Å². The van der Waals surface area contributed by atoms with Crippen molar-refractivity contribution in [2.24, 2.45) is 0 Å². The Bertz CT molecular complexity index is 994. The van der Waals surface area contributed by atoms with E-state index in [1.807, 2.05) is 37.7 Å². The molecule has 1 aliphatic heterocycles. The number of nitriles is 1. The lowest BCUT2D eigenvalue weighted by atomic mass is 10.0. The number of aryl methyl sites for hydroxylation is 1. The number of hydrogen-bond acceptors (Lipinski definition) is 3. The Morgan fingerprint density at radius 1 is 1.04 bits per heavy atom. The largest absolute Gasteiger partial charge is 0.490 e. The number of thioether (sulfide) groups is 1. The standard InChI is InChI=1S/C25H25NOS/c1-17(2)27-23-14-13-19(15-20(23)16-26)24-11-3-4-12-25(28-24)22-10-6-8-18-7-5-9-21(18)22/h6,8,10-15,17H,3-5,7,9H2,1-2H3. The van der Waals surface area contributed by atoms with E-state index in [4.69, 9.17) is 4.74 Å². The van der Waals surface area contributed by atoms with Crippen LogP contribution in [0.15, 0.2) is 48.6 Å². The van der Waals surface area contributed by atoms with Gasteiger partial charge in [0.1, 0.15) is 11.8 Å².